The molecule has 0 spiro atoms. The highest BCUT2D eigenvalue weighted by atomic mass is 35.5. The van der Waals surface area contributed by atoms with Crippen molar-refractivity contribution in [2.24, 2.45) is 11.2 Å². The van der Waals surface area contributed by atoms with Crippen LogP contribution in [0.25, 0.3) is 0 Å². The Hall–Kier alpha value is -1.12. The van der Waals surface area contributed by atoms with Crippen molar-refractivity contribution in [3.05, 3.63) is 4.91 Å². The Labute approximate surface area is 180 Å². The van der Waals surface area contributed by atoms with Gasteiger partial charge < -0.3 is 34.6 Å². The van der Waals surface area contributed by atoms with Crippen LogP contribution in [-0.4, -0.2) is 112 Å². The summed E-state index contributed by atoms with van der Waals surface area (Å²) in [6, 6.07) is -2.07. The fourth-order valence-corrected chi connectivity index (χ4v) is 3.36. The van der Waals surface area contributed by atoms with E-state index in [4.69, 9.17) is 25.8 Å². The number of nitrogens with zero attached hydrogens (tertiary/aromatic N) is 3. The Morgan fingerprint density at radius 2 is 1.90 bits per heavy atom. The number of carbonyl (C=O) groups is 1. The van der Waals surface area contributed by atoms with Crippen molar-refractivity contribution in [2.45, 2.75) is 57.1 Å². The lowest BCUT2D eigenvalue weighted by atomic mass is 9.89. The van der Waals surface area contributed by atoms with Gasteiger partial charge in [0.2, 0.25) is 5.72 Å². The summed E-state index contributed by atoms with van der Waals surface area (Å²) in [5, 5.41) is 45.8. The molecular weight excluding hydrogens is 426 g/mol. The van der Waals surface area contributed by atoms with Gasteiger partial charge in [-0.3, -0.25) is 4.90 Å². The van der Waals surface area contributed by atoms with Crippen molar-refractivity contribution < 1.29 is 39.4 Å². The minimum absolute atomic E-state index is 0.0388. The van der Waals surface area contributed by atoms with E-state index < -0.39 is 49.0 Å². The smallest absolute Gasteiger partial charge is 0.345 e. The molecule has 13 heteroatoms. The molecule has 0 aromatic rings. The number of hydrogen-bond donors (Lipinski definition) is 4. The van der Waals surface area contributed by atoms with Crippen LogP contribution < -0.4 is 0 Å². The second-order valence-corrected chi connectivity index (χ2v) is 7.85. The van der Waals surface area contributed by atoms with E-state index in [0.29, 0.717) is 9.91 Å². The average Bonchev–Trinajstić information content (AvgIpc) is 2.70. The predicted molar refractivity (Wildman–Crippen MR) is 105 cm³/mol. The van der Waals surface area contributed by atoms with Gasteiger partial charge in [-0.1, -0.05) is 13.8 Å². The van der Waals surface area contributed by atoms with Gasteiger partial charge in [-0.05, 0) is 12.8 Å². The van der Waals surface area contributed by atoms with Gasteiger partial charge in [0, 0.05) is 13.0 Å². The number of amides is 2. The number of alkyl halides is 1. The molecule has 0 aliphatic carbocycles. The summed E-state index contributed by atoms with van der Waals surface area (Å²) >= 11 is 5.61. The molecule has 12 nitrogen and oxygen atoms in total. The largest absolute Gasteiger partial charge is 0.394 e. The number of ether oxygens (including phenoxy) is 3. The van der Waals surface area contributed by atoms with Gasteiger partial charge in [-0.15, -0.1) is 16.5 Å². The highest BCUT2D eigenvalue weighted by Crippen LogP contribution is 2.36. The average molecular weight is 458 g/mol. The molecule has 1 unspecified atom stereocenters. The Morgan fingerprint density at radius 1 is 1.27 bits per heavy atom. The molecule has 0 radical (unpaired) electrons. The fourth-order valence-electron chi connectivity index (χ4n) is 3.20. The normalized spacial score (nSPS) is 30.2. The van der Waals surface area contributed by atoms with Crippen LogP contribution >= 0.6 is 11.6 Å². The number of rotatable bonds is 11. The summed E-state index contributed by atoms with van der Waals surface area (Å²) in [6.07, 6.45) is -6.79. The minimum atomic E-state index is -2.71. The van der Waals surface area contributed by atoms with Crippen LogP contribution in [0.15, 0.2) is 5.29 Å². The summed E-state index contributed by atoms with van der Waals surface area (Å²) in [5.41, 5.74) is -2.71. The molecule has 2 amide bonds. The van der Waals surface area contributed by atoms with Crippen molar-refractivity contribution >= 4 is 17.6 Å². The number of aliphatic hydroxyl groups is 4. The zero-order valence-electron chi connectivity index (χ0n) is 17.5. The van der Waals surface area contributed by atoms with Gasteiger partial charge in [-0.2, -0.15) is 5.01 Å². The second-order valence-electron chi connectivity index (χ2n) is 7.48. The maximum Gasteiger partial charge on any atom is 0.345 e. The molecule has 30 heavy (non-hydrogen) atoms. The maximum absolute atomic E-state index is 13.1. The molecule has 0 saturated carbocycles. The molecule has 1 fully saturated rings. The Kier molecular flexibility index (Phi) is 10.8. The molecule has 1 aliphatic rings. The molecule has 4 N–H and O–H groups in total. The van der Waals surface area contributed by atoms with Crippen molar-refractivity contribution in [3.8, 4) is 0 Å². The molecule has 1 heterocycles. The van der Waals surface area contributed by atoms with Gasteiger partial charge in [-0.25, -0.2) is 4.79 Å². The third kappa shape index (κ3) is 5.77. The van der Waals surface area contributed by atoms with E-state index in [1.165, 1.54) is 14.0 Å². The summed E-state index contributed by atoms with van der Waals surface area (Å²) in [6.45, 7) is 4.14. The molecule has 0 aromatic carbocycles. The quantitative estimate of drug-likeness (QED) is 0.138. The summed E-state index contributed by atoms with van der Waals surface area (Å²) < 4.78 is 15.9. The third-order valence-electron chi connectivity index (χ3n) is 4.62. The van der Waals surface area contributed by atoms with Gasteiger partial charge >= 0.3 is 6.03 Å². The Bertz CT molecular complexity index is 559. The van der Waals surface area contributed by atoms with Crippen molar-refractivity contribution in [1.82, 2.24) is 9.91 Å². The molecular formula is C17H32ClN3O9. The van der Waals surface area contributed by atoms with E-state index in [2.05, 4.69) is 5.29 Å². The van der Waals surface area contributed by atoms with Gasteiger partial charge in [0.05, 0.1) is 37.7 Å². The van der Waals surface area contributed by atoms with E-state index >= 15 is 0 Å². The molecule has 1 aliphatic heterocycles. The topological polar surface area (TPSA) is 162 Å². The molecule has 0 aromatic heterocycles. The second kappa shape index (κ2) is 12.1. The van der Waals surface area contributed by atoms with Crippen LogP contribution in [0.1, 0.15) is 20.8 Å². The molecule has 6 atom stereocenters. The number of hydrogen-bond acceptors (Lipinski definition) is 10. The van der Waals surface area contributed by atoms with Crippen molar-refractivity contribution in [1.29, 1.82) is 0 Å². The fraction of sp³-hybridized carbons (Fsp3) is 0.941. The van der Waals surface area contributed by atoms with Gasteiger partial charge in [0.1, 0.15) is 12.2 Å². The lowest BCUT2D eigenvalue weighted by molar-refractivity contribution is -0.363. The van der Waals surface area contributed by atoms with Crippen LogP contribution in [-0.2, 0) is 14.2 Å². The first-order chi connectivity index (χ1) is 14.1. The van der Waals surface area contributed by atoms with Crippen LogP contribution in [0.5, 0.6) is 0 Å². The summed E-state index contributed by atoms with van der Waals surface area (Å²) in [5.74, 6) is -0.0901. The summed E-state index contributed by atoms with van der Waals surface area (Å²) in [7, 11) is 1.35. The zero-order chi connectivity index (χ0) is 23.1. The first-order valence-electron chi connectivity index (χ1n) is 9.55. The number of methoxy groups -OCH3 is 1. The number of nitroso groups, excluding NO2 is 1. The lowest BCUT2D eigenvalue weighted by Gasteiger charge is -2.53. The number of carbonyl (C=O) groups excluding carboxylic acids is 1. The Balaban J connectivity index is 3.45. The molecule has 1 saturated heterocycles. The Morgan fingerprint density at radius 3 is 2.37 bits per heavy atom. The highest BCUT2D eigenvalue weighted by Gasteiger charge is 2.61. The number of halogens is 1. The summed E-state index contributed by atoms with van der Waals surface area (Å²) in [4.78, 5) is 24.9. The minimum Gasteiger partial charge on any atom is -0.394 e. The van der Waals surface area contributed by atoms with Crippen LogP contribution in [0.3, 0.4) is 0 Å². The molecule has 1 rings (SSSR count). The monoisotopic (exact) mass is 457 g/mol. The SMILES string of the molecule is COCC(C)N(C(=O)N(CCCl)N=O)[C@@]1(O)[C@H](O)[C@@H](OCC(C)C)O[C@H](CO)[C@H]1O. The van der Waals surface area contributed by atoms with Crippen molar-refractivity contribution in [2.75, 3.05) is 39.4 Å². The predicted octanol–water partition coefficient (Wildman–Crippen LogP) is -0.534. The third-order valence-corrected chi connectivity index (χ3v) is 4.79. The maximum atomic E-state index is 13.1. The van der Waals surface area contributed by atoms with Crippen LogP contribution in [0.2, 0.25) is 0 Å². The highest BCUT2D eigenvalue weighted by molar-refractivity contribution is 6.18. The van der Waals surface area contributed by atoms with E-state index in [9.17, 15) is 30.1 Å². The van der Waals surface area contributed by atoms with Crippen molar-refractivity contribution in [3.63, 3.8) is 0 Å². The molecule has 176 valence electrons. The van der Waals surface area contributed by atoms with Crippen LogP contribution in [0.4, 0.5) is 4.79 Å². The van der Waals surface area contributed by atoms with Gasteiger partial charge in [0.25, 0.3) is 0 Å². The van der Waals surface area contributed by atoms with E-state index in [1.54, 1.807) is 0 Å². The van der Waals surface area contributed by atoms with Crippen LogP contribution in [0, 0.1) is 10.8 Å². The van der Waals surface area contributed by atoms with E-state index in [-0.39, 0.29) is 31.6 Å². The standard InChI is InChI=1S/C17H32ClN3O9/c1-10(2)8-29-15-14(24)17(26,13(23)12(7-22)30-15)21(11(3)9-28-4)16(25)20(19-27)6-5-18/h10-15,22-24,26H,5-9H2,1-4H3/t11?,12-,13-,14-,15+,17+/m1/s1. The van der Waals surface area contributed by atoms with Gasteiger partial charge in [0.15, 0.2) is 12.4 Å². The first kappa shape index (κ1) is 26.9. The number of urea groups is 1. The lowest BCUT2D eigenvalue weighted by Crippen LogP contribution is -2.77. The van der Waals surface area contributed by atoms with E-state index in [1.807, 2.05) is 13.8 Å². The zero-order valence-corrected chi connectivity index (χ0v) is 18.3. The first-order valence-corrected chi connectivity index (χ1v) is 10.1. The number of aliphatic hydroxyl groups excluding tert-OH is 3. The molecule has 0 bridgehead atoms. The van der Waals surface area contributed by atoms with E-state index in [0.717, 1.165) is 0 Å².